The van der Waals surface area contributed by atoms with Gasteiger partial charge in [-0.15, -0.1) is 0 Å². The molecule has 4 nitrogen and oxygen atoms in total. The highest BCUT2D eigenvalue weighted by Crippen LogP contribution is 2.19. The molecule has 1 fully saturated rings. The lowest BCUT2D eigenvalue weighted by Gasteiger charge is -2.16. The predicted octanol–water partition coefficient (Wildman–Crippen LogP) is 1.97. The first-order valence-corrected chi connectivity index (χ1v) is 6.96. The third-order valence-electron chi connectivity index (χ3n) is 3.48. The van der Waals surface area contributed by atoms with Crippen LogP contribution in [0.4, 0.5) is 0 Å². The van der Waals surface area contributed by atoms with Crippen molar-refractivity contribution in [3.8, 4) is 11.5 Å². The number of methoxy groups -OCH3 is 1. The minimum atomic E-state index is -0.480. The Morgan fingerprint density at radius 2 is 2.05 bits per heavy atom. The van der Waals surface area contributed by atoms with Crippen molar-refractivity contribution in [1.82, 2.24) is 5.32 Å². The molecular weight excluding hydrogens is 242 g/mol. The van der Waals surface area contributed by atoms with Gasteiger partial charge in [0, 0.05) is 18.7 Å². The Labute approximate surface area is 114 Å². The fraction of sp³-hybridized carbons (Fsp3) is 0.600. The van der Waals surface area contributed by atoms with E-state index >= 15 is 0 Å². The Kier molecular flexibility index (Phi) is 5.48. The van der Waals surface area contributed by atoms with E-state index in [2.05, 4.69) is 5.32 Å². The average Bonchev–Trinajstić information content (AvgIpc) is 2.96. The molecule has 1 aliphatic carbocycles. The molecule has 1 aliphatic rings. The molecule has 19 heavy (non-hydrogen) atoms. The molecule has 0 heterocycles. The third-order valence-corrected chi connectivity index (χ3v) is 3.48. The Morgan fingerprint density at radius 1 is 1.32 bits per heavy atom. The molecule has 2 rings (SSSR count). The van der Waals surface area contributed by atoms with Gasteiger partial charge >= 0.3 is 0 Å². The van der Waals surface area contributed by atoms with E-state index in [0.717, 1.165) is 11.5 Å². The monoisotopic (exact) mass is 265 g/mol. The number of nitrogens with one attached hydrogen (secondary N) is 1. The minimum Gasteiger partial charge on any atom is -0.497 e. The molecular formula is C15H23NO3. The fourth-order valence-electron chi connectivity index (χ4n) is 2.37. The Hall–Kier alpha value is -1.26. The fourth-order valence-corrected chi connectivity index (χ4v) is 2.37. The number of aliphatic hydroxyl groups is 1. The molecule has 0 aromatic heterocycles. The van der Waals surface area contributed by atoms with E-state index in [0.29, 0.717) is 19.2 Å². The molecule has 0 radical (unpaired) electrons. The first kappa shape index (κ1) is 14.2. The van der Waals surface area contributed by atoms with Crippen LogP contribution in [-0.4, -0.2) is 37.5 Å². The van der Waals surface area contributed by atoms with Crippen molar-refractivity contribution in [3.05, 3.63) is 24.3 Å². The van der Waals surface area contributed by atoms with Crippen LogP contribution in [0.1, 0.15) is 25.7 Å². The van der Waals surface area contributed by atoms with Crippen LogP contribution in [0.5, 0.6) is 11.5 Å². The molecule has 0 spiro atoms. The van der Waals surface area contributed by atoms with Gasteiger partial charge in [0.2, 0.25) is 0 Å². The van der Waals surface area contributed by atoms with Crippen LogP contribution in [0.3, 0.4) is 0 Å². The van der Waals surface area contributed by atoms with Gasteiger partial charge in [-0.3, -0.25) is 0 Å². The average molecular weight is 265 g/mol. The van der Waals surface area contributed by atoms with Crippen LogP contribution >= 0.6 is 0 Å². The van der Waals surface area contributed by atoms with Gasteiger partial charge in [0.25, 0.3) is 0 Å². The zero-order valence-electron chi connectivity index (χ0n) is 11.5. The Bertz CT molecular complexity index is 377. The summed E-state index contributed by atoms with van der Waals surface area (Å²) in [7, 11) is 1.62. The second kappa shape index (κ2) is 7.36. The van der Waals surface area contributed by atoms with Gasteiger partial charge in [0.1, 0.15) is 24.2 Å². The van der Waals surface area contributed by atoms with Gasteiger partial charge in [-0.1, -0.05) is 18.9 Å². The molecule has 1 aromatic carbocycles. The van der Waals surface area contributed by atoms with Crippen LogP contribution in [0.15, 0.2) is 24.3 Å². The number of aliphatic hydroxyl groups excluding tert-OH is 1. The standard InChI is InChI=1S/C15H23NO3/c1-18-14-7-4-8-15(9-14)19-11-13(17)10-16-12-5-2-3-6-12/h4,7-9,12-13,16-17H,2-3,5-6,10-11H2,1H3/t13-/m1/s1. The Balaban J connectivity index is 1.68. The molecule has 0 amide bonds. The molecule has 1 atom stereocenters. The zero-order chi connectivity index (χ0) is 13.5. The van der Waals surface area contributed by atoms with Crippen LogP contribution in [0.25, 0.3) is 0 Å². The summed E-state index contributed by atoms with van der Waals surface area (Å²) in [4.78, 5) is 0. The smallest absolute Gasteiger partial charge is 0.123 e. The number of hydrogen-bond donors (Lipinski definition) is 2. The van der Waals surface area contributed by atoms with E-state index in [1.54, 1.807) is 7.11 Å². The molecule has 0 saturated heterocycles. The van der Waals surface area contributed by atoms with E-state index in [9.17, 15) is 5.11 Å². The maximum Gasteiger partial charge on any atom is 0.123 e. The summed E-state index contributed by atoms with van der Waals surface area (Å²) in [5.74, 6) is 1.48. The first-order chi connectivity index (χ1) is 9.28. The quantitative estimate of drug-likeness (QED) is 0.791. The summed E-state index contributed by atoms with van der Waals surface area (Å²) in [6.45, 7) is 0.890. The summed E-state index contributed by atoms with van der Waals surface area (Å²) >= 11 is 0. The maximum absolute atomic E-state index is 9.88. The maximum atomic E-state index is 9.88. The summed E-state index contributed by atoms with van der Waals surface area (Å²) in [5.41, 5.74) is 0. The second-order valence-electron chi connectivity index (χ2n) is 5.03. The lowest BCUT2D eigenvalue weighted by Crippen LogP contribution is -2.36. The number of hydrogen-bond acceptors (Lipinski definition) is 4. The van der Waals surface area contributed by atoms with Gasteiger partial charge in [0.05, 0.1) is 7.11 Å². The topological polar surface area (TPSA) is 50.7 Å². The van der Waals surface area contributed by atoms with Crippen molar-refractivity contribution in [2.45, 2.75) is 37.8 Å². The molecule has 106 valence electrons. The van der Waals surface area contributed by atoms with E-state index in [1.807, 2.05) is 24.3 Å². The SMILES string of the molecule is COc1cccc(OC[C@H](O)CNC2CCCC2)c1. The number of rotatable bonds is 7. The van der Waals surface area contributed by atoms with Crippen molar-refractivity contribution in [2.75, 3.05) is 20.3 Å². The number of ether oxygens (including phenoxy) is 2. The van der Waals surface area contributed by atoms with Crippen LogP contribution in [0.2, 0.25) is 0 Å². The Morgan fingerprint density at radius 3 is 2.79 bits per heavy atom. The highest BCUT2D eigenvalue weighted by atomic mass is 16.5. The molecule has 0 unspecified atom stereocenters. The van der Waals surface area contributed by atoms with Gasteiger partial charge in [-0.05, 0) is 25.0 Å². The van der Waals surface area contributed by atoms with E-state index in [1.165, 1.54) is 25.7 Å². The van der Waals surface area contributed by atoms with Crippen LogP contribution in [-0.2, 0) is 0 Å². The lowest BCUT2D eigenvalue weighted by molar-refractivity contribution is 0.103. The van der Waals surface area contributed by atoms with Crippen molar-refractivity contribution in [2.24, 2.45) is 0 Å². The van der Waals surface area contributed by atoms with Gasteiger partial charge < -0.3 is 19.9 Å². The van der Waals surface area contributed by atoms with E-state index in [-0.39, 0.29) is 0 Å². The molecule has 0 bridgehead atoms. The zero-order valence-corrected chi connectivity index (χ0v) is 11.5. The summed E-state index contributed by atoms with van der Waals surface area (Å²) < 4.78 is 10.7. The van der Waals surface area contributed by atoms with Gasteiger partial charge in [-0.25, -0.2) is 0 Å². The van der Waals surface area contributed by atoms with Gasteiger partial charge in [-0.2, -0.15) is 0 Å². The second-order valence-corrected chi connectivity index (χ2v) is 5.03. The highest BCUT2D eigenvalue weighted by Gasteiger charge is 2.15. The summed E-state index contributed by atoms with van der Waals surface area (Å²) in [6.07, 6.45) is 4.57. The lowest BCUT2D eigenvalue weighted by atomic mass is 10.2. The van der Waals surface area contributed by atoms with Crippen molar-refractivity contribution >= 4 is 0 Å². The van der Waals surface area contributed by atoms with Crippen molar-refractivity contribution < 1.29 is 14.6 Å². The van der Waals surface area contributed by atoms with E-state index < -0.39 is 6.10 Å². The van der Waals surface area contributed by atoms with Crippen molar-refractivity contribution in [3.63, 3.8) is 0 Å². The van der Waals surface area contributed by atoms with Crippen LogP contribution in [0, 0.1) is 0 Å². The van der Waals surface area contributed by atoms with Crippen LogP contribution < -0.4 is 14.8 Å². The summed E-state index contributed by atoms with van der Waals surface area (Å²) in [6, 6.07) is 7.99. The van der Waals surface area contributed by atoms with Gasteiger partial charge in [0.15, 0.2) is 0 Å². The normalized spacial score (nSPS) is 17.4. The molecule has 2 N–H and O–H groups in total. The minimum absolute atomic E-state index is 0.298. The third kappa shape index (κ3) is 4.73. The molecule has 4 heteroatoms. The molecule has 1 aromatic rings. The summed E-state index contributed by atoms with van der Waals surface area (Å²) in [5, 5.41) is 13.3. The highest BCUT2D eigenvalue weighted by molar-refractivity contribution is 5.32. The first-order valence-electron chi connectivity index (χ1n) is 6.96. The van der Waals surface area contributed by atoms with Crippen molar-refractivity contribution in [1.29, 1.82) is 0 Å². The van der Waals surface area contributed by atoms with E-state index in [4.69, 9.17) is 9.47 Å². The predicted molar refractivity (Wildman–Crippen MR) is 74.8 cm³/mol. The number of benzene rings is 1. The molecule has 1 saturated carbocycles. The molecule has 0 aliphatic heterocycles. The largest absolute Gasteiger partial charge is 0.497 e.